The van der Waals surface area contributed by atoms with Crippen molar-refractivity contribution in [3.8, 4) is 0 Å². The minimum atomic E-state index is 0.0397. The molecule has 1 N–H and O–H groups in total. The number of aryl methyl sites for hydroxylation is 1. The van der Waals surface area contributed by atoms with Crippen LogP contribution in [0.25, 0.3) is 10.8 Å². The molecule has 2 heterocycles. The van der Waals surface area contributed by atoms with Crippen LogP contribution in [0.3, 0.4) is 0 Å². The first-order chi connectivity index (χ1) is 11.3. The molecule has 0 radical (unpaired) electrons. The molecule has 0 saturated carbocycles. The summed E-state index contributed by atoms with van der Waals surface area (Å²) in [5.74, 6) is 0.936. The van der Waals surface area contributed by atoms with E-state index in [0.29, 0.717) is 0 Å². The number of hydrogen-bond donors (Lipinski definition) is 1. The predicted molar refractivity (Wildman–Crippen MR) is 91.2 cm³/mol. The lowest BCUT2D eigenvalue weighted by atomic mass is 10.1. The van der Waals surface area contributed by atoms with E-state index in [4.69, 9.17) is 4.74 Å². The number of benzene rings is 2. The van der Waals surface area contributed by atoms with E-state index in [1.807, 2.05) is 13.1 Å². The maximum Gasteiger partial charge on any atom is 0.136 e. The van der Waals surface area contributed by atoms with E-state index in [0.717, 1.165) is 37.8 Å². The van der Waals surface area contributed by atoms with E-state index >= 15 is 0 Å². The largest absolute Gasteiger partial charge is 0.368 e. The summed E-state index contributed by atoms with van der Waals surface area (Å²) in [5.41, 5.74) is 2.43. The van der Waals surface area contributed by atoms with Gasteiger partial charge >= 0.3 is 0 Å². The van der Waals surface area contributed by atoms with E-state index in [-0.39, 0.29) is 6.10 Å². The number of H-pyrrole nitrogens is 1. The van der Waals surface area contributed by atoms with Gasteiger partial charge in [-0.1, -0.05) is 36.4 Å². The number of ether oxygens (including phenoxy) is 1. The van der Waals surface area contributed by atoms with Crippen LogP contribution >= 0.6 is 0 Å². The molecule has 1 atom stereocenters. The molecule has 0 bridgehead atoms. The fourth-order valence-electron chi connectivity index (χ4n) is 3.20. The molecular weight excluding hydrogens is 286 g/mol. The van der Waals surface area contributed by atoms with Crippen molar-refractivity contribution in [1.29, 1.82) is 0 Å². The molecule has 2 aromatic carbocycles. The number of aromatic amines is 1. The third-order valence-corrected chi connectivity index (χ3v) is 4.40. The molecule has 1 aromatic heterocycles. The van der Waals surface area contributed by atoms with Crippen LogP contribution < -0.4 is 0 Å². The van der Waals surface area contributed by atoms with E-state index in [1.165, 1.54) is 16.3 Å². The highest BCUT2D eigenvalue weighted by Gasteiger charge is 2.24. The Hall–Kier alpha value is -2.17. The van der Waals surface area contributed by atoms with E-state index in [2.05, 4.69) is 57.3 Å². The molecule has 0 amide bonds. The Balaban J connectivity index is 1.48. The molecule has 3 aromatic rings. The van der Waals surface area contributed by atoms with Gasteiger partial charge in [-0.25, -0.2) is 4.98 Å². The second-order valence-corrected chi connectivity index (χ2v) is 6.23. The fourth-order valence-corrected chi connectivity index (χ4v) is 3.20. The summed E-state index contributed by atoms with van der Waals surface area (Å²) < 4.78 is 5.88. The van der Waals surface area contributed by atoms with Crippen LogP contribution in [0.2, 0.25) is 0 Å². The summed E-state index contributed by atoms with van der Waals surface area (Å²) in [7, 11) is 0. The summed E-state index contributed by atoms with van der Waals surface area (Å²) in [6, 6.07) is 15.2. The van der Waals surface area contributed by atoms with Crippen molar-refractivity contribution in [2.45, 2.75) is 19.6 Å². The first kappa shape index (κ1) is 14.4. The van der Waals surface area contributed by atoms with Crippen LogP contribution in [0, 0.1) is 6.92 Å². The van der Waals surface area contributed by atoms with Crippen LogP contribution in [0.4, 0.5) is 0 Å². The number of hydrogen-bond acceptors (Lipinski definition) is 3. The summed E-state index contributed by atoms with van der Waals surface area (Å²) >= 11 is 0. The second-order valence-electron chi connectivity index (χ2n) is 6.23. The molecule has 0 unspecified atom stereocenters. The minimum absolute atomic E-state index is 0.0397. The van der Waals surface area contributed by atoms with Gasteiger partial charge < -0.3 is 9.72 Å². The van der Waals surface area contributed by atoms with Crippen LogP contribution in [0.5, 0.6) is 0 Å². The molecule has 0 aliphatic carbocycles. The van der Waals surface area contributed by atoms with Gasteiger partial charge in [0.15, 0.2) is 0 Å². The number of rotatable bonds is 3. The Morgan fingerprint density at radius 1 is 1.22 bits per heavy atom. The topological polar surface area (TPSA) is 41.2 Å². The highest BCUT2D eigenvalue weighted by Crippen LogP contribution is 2.22. The average Bonchev–Trinajstić information content (AvgIpc) is 3.02. The lowest BCUT2D eigenvalue weighted by molar-refractivity contribution is -0.0368. The Bertz CT molecular complexity index is 811. The number of nitrogens with one attached hydrogen (secondary N) is 1. The monoisotopic (exact) mass is 307 g/mol. The molecule has 0 spiro atoms. The highest BCUT2D eigenvalue weighted by molar-refractivity contribution is 5.82. The van der Waals surface area contributed by atoms with Crippen molar-refractivity contribution < 1.29 is 4.74 Å². The van der Waals surface area contributed by atoms with E-state index in [9.17, 15) is 0 Å². The SMILES string of the molecule is Cc1cnc([C@H]2CN(Cc3ccc4ccccc4c3)CCO2)[nH]1. The third-order valence-electron chi connectivity index (χ3n) is 4.40. The lowest BCUT2D eigenvalue weighted by Crippen LogP contribution is -2.38. The highest BCUT2D eigenvalue weighted by atomic mass is 16.5. The summed E-state index contributed by atoms with van der Waals surface area (Å²) in [5, 5.41) is 2.60. The zero-order valence-electron chi connectivity index (χ0n) is 13.3. The average molecular weight is 307 g/mol. The van der Waals surface area contributed by atoms with E-state index < -0.39 is 0 Å². The van der Waals surface area contributed by atoms with Crippen LogP contribution in [0.1, 0.15) is 23.2 Å². The number of aromatic nitrogens is 2. The van der Waals surface area contributed by atoms with Crippen molar-refractivity contribution in [3.63, 3.8) is 0 Å². The van der Waals surface area contributed by atoms with Gasteiger partial charge in [0.1, 0.15) is 11.9 Å². The molecule has 118 valence electrons. The Kier molecular flexibility index (Phi) is 3.85. The van der Waals surface area contributed by atoms with Gasteiger partial charge in [0.2, 0.25) is 0 Å². The molecule has 23 heavy (non-hydrogen) atoms. The first-order valence-corrected chi connectivity index (χ1v) is 8.11. The van der Waals surface area contributed by atoms with Crippen molar-refractivity contribution in [3.05, 3.63) is 65.7 Å². The standard InChI is InChI=1S/C19H21N3O/c1-14-11-20-19(21-14)18-13-22(8-9-23-18)12-15-6-7-16-4-2-3-5-17(16)10-15/h2-7,10-11,18H,8-9,12-13H2,1H3,(H,20,21)/t18-/m1/s1. The van der Waals surface area contributed by atoms with Gasteiger partial charge in [0.05, 0.1) is 6.61 Å². The van der Waals surface area contributed by atoms with Crippen LogP contribution in [0.15, 0.2) is 48.7 Å². The van der Waals surface area contributed by atoms with Crippen molar-refractivity contribution in [2.24, 2.45) is 0 Å². The van der Waals surface area contributed by atoms with Gasteiger partial charge in [0.25, 0.3) is 0 Å². The number of fused-ring (bicyclic) bond motifs is 1. The Morgan fingerprint density at radius 3 is 2.91 bits per heavy atom. The van der Waals surface area contributed by atoms with Crippen LogP contribution in [-0.2, 0) is 11.3 Å². The van der Waals surface area contributed by atoms with Gasteiger partial charge in [-0.05, 0) is 29.3 Å². The molecule has 4 rings (SSSR count). The van der Waals surface area contributed by atoms with Gasteiger partial charge in [-0.15, -0.1) is 0 Å². The smallest absolute Gasteiger partial charge is 0.136 e. The zero-order chi connectivity index (χ0) is 15.6. The maximum absolute atomic E-state index is 5.88. The minimum Gasteiger partial charge on any atom is -0.368 e. The predicted octanol–water partition coefficient (Wildman–Crippen LogP) is 3.44. The molecule has 1 saturated heterocycles. The van der Waals surface area contributed by atoms with Gasteiger partial charge in [-0.2, -0.15) is 0 Å². The first-order valence-electron chi connectivity index (χ1n) is 8.11. The lowest BCUT2D eigenvalue weighted by Gasteiger charge is -2.32. The summed E-state index contributed by atoms with van der Waals surface area (Å²) in [6.07, 6.45) is 1.90. The molecule has 4 heteroatoms. The number of nitrogens with zero attached hydrogens (tertiary/aromatic N) is 2. The summed E-state index contributed by atoms with van der Waals surface area (Å²) in [4.78, 5) is 10.1. The van der Waals surface area contributed by atoms with Gasteiger partial charge in [-0.3, -0.25) is 4.90 Å². The Morgan fingerprint density at radius 2 is 2.09 bits per heavy atom. The van der Waals surface area contributed by atoms with Crippen molar-refractivity contribution in [2.75, 3.05) is 19.7 Å². The summed E-state index contributed by atoms with van der Waals surface area (Å²) in [6.45, 7) is 5.55. The fraction of sp³-hybridized carbons (Fsp3) is 0.316. The number of morpholine rings is 1. The van der Waals surface area contributed by atoms with Crippen molar-refractivity contribution >= 4 is 10.8 Å². The molecular formula is C19H21N3O. The molecule has 1 fully saturated rings. The van der Waals surface area contributed by atoms with Crippen molar-refractivity contribution in [1.82, 2.24) is 14.9 Å². The van der Waals surface area contributed by atoms with Crippen LogP contribution in [-0.4, -0.2) is 34.6 Å². The van der Waals surface area contributed by atoms with E-state index in [1.54, 1.807) is 0 Å². The zero-order valence-corrected chi connectivity index (χ0v) is 13.3. The molecule has 1 aliphatic heterocycles. The molecule has 1 aliphatic rings. The normalized spacial score (nSPS) is 19.3. The molecule has 4 nitrogen and oxygen atoms in total. The second kappa shape index (κ2) is 6.14. The quantitative estimate of drug-likeness (QED) is 0.806. The Labute approximate surface area is 136 Å². The number of imidazole rings is 1. The third kappa shape index (κ3) is 3.14. The van der Waals surface area contributed by atoms with Gasteiger partial charge in [0, 0.05) is 31.5 Å². The maximum atomic E-state index is 5.88.